The SMILES string of the molecule is CCOC(=O)c1sc(NC(=O)c2sc(NC(=O)c3ccc(F)cc3Cl)cc2C)cc1C. The van der Waals surface area contributed by atoms with Crippen LogP contribution in [0.25, 0.3) is 0 Å². The van der Waals surface area contributed by atoms with E-state index < -0.39 is 17.7 Å². The minimum Gasteiger partial charge on any atom is -0.462 e. The van der Waals surface area contributed by atoms with Crippen LogP contribution in [0.5, 0.6) is 0 Å². The van der Waals surface area contributed by atoms with Crippen LogP contribution in [0.1, 0.15) is 47.8 Å². The summed E-state index contributed by atoms with van der Waals surface area (Å²) in [6.07, 6.45) is 0. The van der Waals surface area contributed by atoms with E-state index in [1.807, 2.05) is 0 Å². The number of esters is 1. The van der Waals surface area contributed by atoms with Crippen molar-refractivity contribution in [3.05, 3.63) is 67.6 Å². The molecule has 0 radical (unpaired) electrons. The molecule has 2 heterocycles. The zero-order chi connectivity index (χ0) is 22.7. The standard InChI is InChI=1S/C21H18ClFN2O4S2/c1-4-29-21(28)18-11(3)8-16(31-18)25-20(27)17-10(2)7-15(30-17)24-19(26)13-6-5-12(23)9-14(13)22/h5-9H,4H2,1-3H3,(H,24,26)(H,25,27). The molecule has 0 aliphatic carbocycles. The van der Waals surface area contributed by atoms with Gasteiger partial charge in [0, 0.05) is 0 Å². The van der Waals surface area contributed by atoms with E-state index in [0.29, 0.717) is 30.9 Å². The van der Waals surface area contributed by atoms with Gasteiger partial charge in [-0.1, -0.05) is 11.6 Å². The van der Waals surface area contributed by atoms with Gasteiger partial charge in [-0.15, -0.1) is 22.7 Å². The Morgan fingerprint density at radius 3 is 2.16 bits per heavy atom. The number of amides is 2. The van der Waals surface area contributed by atoms with Crippen LogP contribution in [-0.4, -0.2) is 24.4 Å². The summed E-state index contributed by atoms with van der Waals surface area (Å²) in [5.74, 6) is -1.84. The van der Waals surface area contributed by atoms with Gasteiger partial charge in [0.2, 0.25) is 0 Å². The minimum atomic E-state index is -0.539. The molecule has 3 aromatic rings. The highest BCUT2D eigenvalue weighted by molar-refractivity contribution is 7.19. The Bertz CT molecular complexity index is 1170. The molecule has 162 valence electrons. The summed E-state index contributed by atoms with van der Waals surface area (Å²) < 4.78 is 18.2. The molecule has 10 heteroatoms. The van der Waals surface area contributed by atoms with Crippen LogP contribution in [-0.2, 0) is 4.74 Å². The second kappa shape index (κ2) is 9.59. The molecule has 0 fully saturated rings. The number of ether oxygens (including phenoxy) is 1. The van der Waals surface area contributed by atoms with Crippen molar-refractivity contribution in [3.63, 3.8) is 0 Å². The predicted molar refractivity (Wildman–Crippen MR) is 121 cm³/mol. The molecular formula is C21H18ClFN2O4S2. The molecule has 0 spiro atoms. The second-order valence-corrected chi connectivity index (χ2v) is 9.01. The summed E-state index contributed by atoms with van der Waals surface area (Å²) in [6, 6.07) is 6.87. The Morgan fingerprint density at radius 2 is 1.55 bits per heavy atom. The Balaban J connectivity index is 1.73. The summed E-state index contributed by atoms with van der Waals surface area (Å²) in [5, 5.41) is 6.41. The van der Waals surface area contributed by atoms with Crippen molar-refractivity contribution in [1.29, 1.82) is 0 Å². The molecule has 1 aromatic carbocycles. The highest BCUT2D eigenvalue weighted by atomic mass is 35.5. The number of thiophene rings is 2. The third-order valence-electron chi connectivity index (χ3n) is 4.15. The maximum atomic E-state index is 13.2. The van der Waals surface area contributed by atoms with E-state index in [1.165, 1.54) is 6.07 Å². The quantitative estimate of drug-likeness (QED) is 0.430. The van der Waals surface area contributed by atoms with Crippen molar-refractivity contribution in [3.8, 4) is 0 Å². The molecule has 2 N–H and O–H groups in total. The summed E-state index contributed by atoms with van der Waals surface area (Å²) in [5.41, 5.74) is 1.51. The number of rotatable bonds is 6. The van der Waals surface area contributed by atoms with Crippen LogP contribution in [0.3, 0.4) is 0 Å². The first-order chi connectivity index (χ1) is 14.7. The molecule has 2 aromatic heterocycles. The predicted octanol–water partition coefficient (Wildman–Crippen LogP) is 5.90. The number of aryl methyl sites for hydroxylation is 2. The van der Waals surface area contributed by atoms with E-state index >= 15 is 0 Å². The molecule has 0 aliphatic rings. The summed E-state index contributed by atoms with van der Waals surface area (Å²) in [4.78, 5) is 38.0. The molecular weight excluding hydrogens is 463 g/mol. The highest BCUT2D eigenvalue weighted by Gasteiger charge is 2.20. The lowest BCUT2D eigenvalue weighted by Crippen LogP contribution is -2.11. The van der Waals surface area contributed by atoms with Crippen LogP contribution >= 0.6 is 34.3 Å². The zero-order valence-corrected chi connectivity index (χ0v) is 19.2. The molecule has 0 aliphatic heterocycles. The summed E-state index contributed by atoms with van der Waals surface area (Å²) in [7, 11) is 0. The molecule has 2 amide bonds. The van der Waals surface area contributed by atoms with Crippen molar-refractivity contribution < 1.29 is 23.5 Å². The van der Waals surface area contributed by atoms with Gasteiger partial charge in [0.25, 0.3) is 11.8 Å². The van der Waals surface area contributed by atoms with Crippen LogP contribution in [0.4, 0.5) is 14.4 Å². The van der Waals surface area contributed by atoms with Gasteiger partial charge in [-0.25, -0.2) is 9.18 Å². The third-order valence-corrected chi connectivity index (χ3v) is 6.75. The van der Waals surface area contributed by atoms with Gasteiger partial charge in [-0.2, -0.15) is 0 Å². The fraction of sp³-hybridized carbons (Fsp3) is 0.190. The Morgan fingerprint density at radius 1 is 0.968 bits per heavy atom. The molecule has 0 saturated carbocycles. The fourth-order valence-electron chi connectivity index (χ4n) is 2.73. The smallest absolute Gasteiger partial charge is 0.348 e. The van der Waals surface area contributed by atoms with Gasteiger partial charge in [0.15, 0.2) is 0 Å². The summed E-state index contributed by atoms with van der Waals surface area (Å²) >= 11 is 8.16. The van der Waals surface area contributed by atoms with Gasteiger partial charge in [0.1, 0.15) is 10.7 Å². The van der Waals surface area contributed by atoms with E-state index in [4.69, 9.17) is 16.3 Å². The number of carbonyl (C=O) groups is 3. The van der Waals surface area contributed by atoms with Gasteiger partial charge in [0.05, 0.1) is 32.1 Å². The lowest BCUT2D eigenvalue weighted by Gasteiger charge is -2.04. The lowest BCUT2D eigenvalue weighted by atomic mass is 10.2. The maximum Gasteiger partial charge on any atom is 0.348 e. The second-order valence-electron chi connectivity index (χ2n) is 6.50. The Labute approximate surface area is 191 Å². The fourth-order valence-corrected chi connectivity index (χ4v) is 4.91. The minimum absolute atomic E-state index is 0.00536. The monoisotopic (exact) mass is 480 g/mol. The maximum absolute atomic E-state index is 13.2. The summed E-state index contributed by atoms with van der Waals surface area (Å²) in [6.45, 7) is 5.51. The first-order valence-electron chi connectivity index (χ1n) is 9.15. The Kier molecular flexibility index (Phi) is 7.09. The van der Waals surface area contributed by atoms with E-state index in [9.17, 15) is 18.8 Å². The average molecular weight is 481 g/mol. The van der Waals surface area contributed by atoms with Gasteiger partial charge in [-0.05, 0) is 62.2 Å². The molecule has 31 heavy (non-hydrogen) atoms. The molecule has 3 rings (SSSR count). The van der Waals surface area contributed by atoms with Crippen molar-refractivity contribution in [2.75, 3.05) is 17.2 Å². The first-order valence-corrected chi connectivity index (χ1v) is 11.2. The van der Waals surface area contributed by atoms with E-state index in [0.717, 1.165) is 34.8 Å². The van der Waals surface area contributed by atoms with E-state index in [1.54, 1.807) is 32.9 Å². The number of benzene rings is 1. The van der Waals surface area contributed by atoms with Crippen molar-refractivity contribution in [2.45, 2.75) is 20.8 Å². The van der Waals surface area contributed by atoms with Gasteiger partial charge >= 0.3 is 5.97 Å². The van der Waals surface area contributed by atoms with Gasteiger partial charge < -0.3 is 15.4 Å². The van der Waals surface area contributed by atoms with Crippen LogP contribution in [0.15, 0.2) is 30.3 Å². The van der Waals surface area contributed by atoms with Crippen molar-refractivity contribution >= 4 is 62.1 Å². The van der Waals surface area contributed by atoms with E-state index in [-0.39, 0.29) is 23.1 Å². The molecule has 0 bridgehead atoms. The van der Waals surface area contributed by atoms with Crippen LogP contribution < -0.4 is 10.6 Å². The average Bonchev–Trinajstić information content (AvgIpc) is 3.23. The molecule has 0 saturated heterocycles. The van der Waals surface area contributed by atoms with Crippen LogP contribution in [0, 0.1) is 19.7 Å². The number of nitrogens with one attached hydrogen (secondary N) is 2. The third kappa shape index (κ3) is 5.30. The number of hydrogen-bond donors (Lipinski definition) is 2. The van der Waals surface area contributed by atoms with E-state index in [2.05, 4.69) is 10.6 Å². The number of halogens is 2. The van der Waals surface area contributed by atoms with Crippen LogP contribution in [0.2, 0.25) is 5.02 Å². The number of hydrogen-bond acceptors (Lipinski definition) is 6. The van der Waals surface area contributed by atoms with Crippen molar-refractivity contribution in [2.24, 2.45) is 0 Å². The normalized spacial score (nSPS) is 10.6. The molecule has 6 nitrogen and oxygen atoms in total. The molecule has 0 unspecified atom stereocenters. The topological polar surface area (TPSA) is 84.5 Å². The zero-order valence-electron chi connectivity index (χ0n) is 16.8. The van der Waals surface area contributed by atoms with Crippen molar-refractivity contribution in [1.82, 2.24) is 0 Å². The highest BCUT2D eigenvalue weighted by Crippen LogP contribution is 2.31. The Hall–Kier alpha value is -2.75. The van der Waals surface area contributed by atoms with Gasteiger partial charge in [-0.3, -0.25) is 9.59 Å². The molecule has 0 atom stereocenters. The lowest BCUT2D eigenvalue weighted by molar-refractivity contribution is 0.0531. The first kappa shape index (κ1) is 22.9. The number of anilines is 2. The largest absolute Gasteiger partial charge is 0.462 e. The number of carbonyl (C=O) groups excluding carboxylic acids is 3.